The SMILES string of the molecule is c1ccc2c(c1)Cc1c-2ccc2c1-c1ccc3c4cnccc4n4ccnc4c3c1C2. The second kappa shape index (κ2) is 5.38. The number of nitrogens with zero attached hydrogens (tertiary/aromatic N) is 3. The van der Waals surface area contributed by atoms with Crippen LogP contribution in [0.3, 0.4) is 0 Å². The topological polar surface area (TPSA) is 30.2 Å². The summed E-state index contributed by atoms with van der Waals surface area (Å²) in [4.78, 5) is 9.21. The van der Waals surface area contributed by atoms with Gasteiger partial charge >= 0.3 is 0 Å². The van der Waals surface area contributed by atoms with Gasteiger partial charge in [0, 0.05) is 35.6 Å². The lowest BCUT2D eigenvalue weighted by Crippen LogP contribution is -1.94. The maximum Gasteiger partial charge on any atom is 0.145 e. The molecule has 0 spiro atoms. The van der Waals surface area contributed by atoms with Gasteiger partial charge in [-0.3, -0.25) is 9.38 Å². The van der Waals surface area contributed by atoms with Crippen molar-refractivity contribution in [2.75, 3.05) is 0 Å². The number of pyridine rings is 2. The minimum absolute atomic E-state index is 0.958. The van der Waals surface area contributed by atoms with Crippen LogP contribution in [0.15, 0.2) is 79.4 Å². The summed E-state index contributed by atoms with van der Waals surface area (Å²) >= 11 is 0. The highest BCUT2D eigenvalue weighted by Gasteiger charge is 2.30. The van der Waals surface area contributed by atoms with Gasteiger partial charge in [0.15, 0.2) is 0 Å². The van der Waals surface area contributed by atoms with Crippen molar-refractivity contribution in [1.29, 1.82) is 0 Å². The Labute approximate surface area is 178 Å². The molecule has 3 nitrogen and oxygen atoms in total. The summed E-state index contributed by atoms with van der Waals surface area (Å²) in [5, 5.41) is 3.69. The van der Waals surface area contributed by atoms with E-state index >= 15 is 0 Å². The van der Waals surface area contributed by atoms with Gasteiger partial charge in [-0.2, -0.15) is 0 Å². The Hall–Kier alpha value is -3.98. The second-order valence-corrected chi connectivity index (χ2v) is 8.66. The first-order valence-electron chi connectivity index (χ1n) is 10.8. The molecule has 3 heterocycles. The molecule has 3 heteroatoms. The van der Waals surface area contributed by atoms with Crippen LogP contribution >= 0.6 is 0 Å². The van der Waals surface area contributed by atoms with Gasteiger partial charge in [-0.15, -0.1) is 0 Å². The zero-order valence-corrected chi connectivity index (χ0v) is 16.8. The lowest BCUT2D eigenvalue weighted by atomic mass is 9.94. The third-order valence-electron chi connectivity index (χ3n) is 7.24. The van der Waals surface area contributed by atoms with E-state index in [0.717, 1.165) is 24.0 Å². The van der Waals surface area contributed by atoms with Crippen LogP contribution in [-0.2, 0) is 12.8 Å². The van der Waals surface area contributed by atoms with E-state index in [-0.39, 0.29) is 0 Å². The standard InChI is InChI=1S/C28H17N3/c1-2-4-18-16(3-1)13-22-19(18)6-5-17-14-23-20(26(17)22)7-8-21-24-15-29-10-9-25(24)31-12-11-30-28(31)27(21)23/h1-12,15H,13-14H2. The van der Waals surface area contributed by atoms with Crippen LogP contribution in [0.5, 0.6) is 0 Å². The minimum atomic E-state index is 0.958. The van der Waals surface area contributed by atoms with Gasteiger partial charge in [0.25, 0.3) is 0 Å². The molecule has 0 bridgehead atoms. The number of hydrogen-bond donors (Lipinski definition) is 0. The molecule has 0 unspecified atom stereocenters. The van der Waals surface area contributed by atoms with Crippen LogP contribution < -0.4 is 0 Å². The highest BCUT2D eigenvalue weighted by molar-refractivity contribution is 6.15. The van der Waals surface area contributed by atoms with Crippen LogP contribution in [0.25, 0.3) is 49.6 Å². The molecule has 6 aromatic rings. The largest absolute Gasteiger partial charge is 0.299 e. The molecular weight excluding hydrogens is 378 g/mol. The van der Waals surface area contributed by atoms with Gasteiger partial charge < -0.3 is 0 Å². The van der Waals surface area contributed by atoms with E-state index in [4.69, 9.17) is 4.98 Å². The fourth-order valence-electron chi connectivity index (χ4n) is 5.97. The monoisotopic (exact) mass is 395 g/mol. The first-order chi connectivity index (χ1) is 15.4. The number of benzene rings is 3. The van der Waals surface area contributed by atoms with E-state index in [1.165, 1.54) is 60.7 Å². The Morgan fingerprint density at radius 1 is 0.710 bits per heavy atom. The third-order valence-corrected chi connectivity index (χ3v) is 7.24. The first kappa shape index (κ1) is 15.8. The Morgan fingerprint density at radius 2 is 1.61 bits per heavy atom. The molecule has 0 amide bonds. The Balaban J connectivity index is 1.50. The molecule has 3 aromatic heterocycles. The zero-order valence-electron chi connectivity index (χ0n) is 16.8. The summed E-state index contributed by atoms with van der Waals surface area (Å²) in [7, 11) is 0. The molecule has 0 saturated heterocycles. The van der Waals surface area contributed by atoms with Gasteiger partial charge in [-0.1, -0.05) is 48.5 Å². The zero-order chi connectivity index (χ0) is 20.1. The summed E-state index contributed by atoms with van der Waals surface area (Å²) in [6, 6.07) is 20.2. The summed E-state index contributed by atoms with van der Waals surface area (Å²) in [6.07, 6.45) is 9.79. The van der Waals surface area contributed by atoms with Crippen LogP contribution in [0.2, 0.25) is 0 Å². The van der Waals surface area contributed by atoms with Gasteiger partial charge in [0.1, 0.15) is 5.65 Å². The predicted octanol–water partition coefficient (Wildman–Crippen LogP) is 6.18. The maximum absolute atomic E-state index is 4.78. The summed E-state index contributed by atoms with van der Waals surface area (Å²) in [5.74, 6) is 0. The van der Waals surface area contributed by atoms with E-state index in [2.05, 4.69) is 70.2 Å². The molecule has 2 aliphatic rings. The van der Waals surface area contributed by atoms with E-state index in [9.17, 15) is 0 Å². The number of imidazole rings is 1. The van der Waals surface area contributed by atoms with Crippen molar-refractivity contribution < 1.29 is 0 Å². The summed E-state index contributed by atoms with van der Waals surface area (Å²) in [5.41, 5.74) is 13.6. The van der Waals surface area contributed by atoms with Crippen LogP contribution in [0.1, 0.15) is 22.3 Å². The molecule has 31 heavy (non-hydrogen) atoms. The molecule has 0 radical (unpaired) electrons. The molecule has 0 atom stereocenters. The molecule has 2 aliphatic carbocycles. The Bertz CT molecular complexity index is 1740. The van der Waals surface area contributed by atoms with E-state index in [1.54, 1.807) is 0 Å². The molecule has 144 valence electrons. The number of aromatic nitrogens is 3. The van der Waals surface area contributed by atoms with E-state index in [0.29, 0.717) is 0 Å². The average molecular weight is 395 g/mol. The molecule has 3 aromatic carbocycles. The fourth-order valence-corrected chi connectivity index (χ4v) is 5.97. The number of rotatable bonds is 0. The van der Waals surface area contributed by atoms with Gasteiger partial charge in [0.05, 0.1) is 5.52 Å². The lowest BCUT2D eigenvalue weighted by molar-refractivity contribution is 1.23. The molecule has 0 fully saturated rings. The molecule has 0 N–H and O–H groups in total. The number of fused-ring (bicyclic) bond motifs is 14. The van der Waals surface area contributed by atoms with Crippen molar-refractivity contribution in [3.05, 3.63) is 102 Å². The first-order valence-corrected chi connectivity index (χ1v) is 10.8. The predicted molar refractivity (Wildman–Crippen MR) is 124 cm³/mol. The maximum atomic E-state index is 4.78. The quantitative estimate of drug-likeness (QED) is 0.287. The molecule has 0 aliphatic heterocycles. The van der Waals surface area contributed by atoms with Crippen molar-refractivity contribution >= 4 is 27.3 Å². The number of hydrogen-bond acceptors (Lipinski definition) is 2. The molecule has 8 rings (SSSR count). The van der Waals surface area contributed by atoms with Gasteiger partial charge in [-0.05, 0) is 68.8 Å². The summed E-state index contributed by atoms with van der Waals surface area (Å²) < 4.78 is 2.21. The summed E-state index contributed by atoms with van der Waals surface area (Å²) in [6.45, 7) is 0. The van der Waals surface area contributed by atoms with E-state index in [1.807, 2.05) is 18.6 Å². The van der Waals surface area contributed by atoms with Crippen LogP contribution in [0, 0.1) is 0 Å². The van der Waals surface area contributed by atoms with E-state index < -0.39 is 0 Å². The van der Waals surface area contributed by atoms with Gasteiger partial charge in [0.2, 0.25) is 0 Å². The third kappa shape index (κ3) is 1.85. The molecular formula is C28H17N3. The van der Waals surface area contributed by atoms with Gasteiger partial charge in [-0.25, -0.2) is 4.98 Å². The second-order valence-electron chi connectivity index (χ2n) is 8.66. The lowest BCUT2D eigenvalue weighted by Gasteiger charge is -2.12. The Morgan fingerprint density at radius 3 is 2.61 bits per heavy atom. The smallest absolute Gasteiger partial charge is 0.145 e. The minimum Gasteiger partial charge on any atom is -0.299 e. The van der Waals surface area contributed by atoms with Crippen molar-refractivity contribution in [2.45, 2.75) is 12.8 Å². The normalized spacial score (nSPS) is 13.5. The van der Waals surface area contributed by atoms with Crippen LogP contribution in [-0.4, -0.2) is 14.4 Å². The Kier molecular flexibility index (Phi) is 2.74. The van der Waals surface area contributed by atoms with Crippen LogP contribution in [0.4, 0.5) is 0 Å². The molecule has 0 saturated carbocycles. The van der Waals surface area contributed by atoms with Crippen molar-refractivity contribution in [1.82, 2.24) is 14.4 Å². The fraction of sp³-hybridized carbons (Fsp3) is 0.0714. The van der Waals surface area contributed by atoms with Crippen molar-refractivity contribution in [3.8, 4) is 22.3 Å². The van der Waals surface area contributed by atoms with Crippen molar-refractivity contribution in [2.24, 2.45) is 0 Å². The average Bonchev–Trinajstić information content (AvgIpc) is 3.53. The van der Waals surface area contributed by atoms with Crippen molar-refractivity contribution in [3.63, 3.8) is 0 Å². The highest BCUT2D eigenvalue weighted by Crippen LogP contribution is 2.49. The highest BCUT2D eigenvalue weighted by atomic mass is 15.0.